The quantitative estimate of drug-likeness (QED) is 0.503. The van der Waals surface area contributed by atoms with Crippen molar-refractivity contribution in [3.63, 3.8) is 0 Å². The largest absolute Gasteiger partial charge is 0.489 e. The molecule has 0 unspecified atom stereocenters. The molecule has 4 rings (SSSR count). The first kappa shape index (κ1) is 17.2. The molecule has 0 aliphatic rings. The van der Waals surface area contributed by atoms with Crippen molar-refractivity contribution < 1.29 is 18.6 Å². The summed E-state index contributed by atoms with van der Waals surface area (Å²) < 4.78 is 33.7. The van der Waals surface area contributed by atoms with Gasteiger partial charge in [-0.3, -0.25) is 5.10 Å². The second kappa shape index (κ2) is 6.80. The van der Waals surface area contributed by atoms with Gasteiger partial charge >= 0.3 is 0 Å². The molecule has 8 nitrogen and oxygen atoms in total. The number of anilines is 1. The maximum atomic E-state index is 14.9. The number of fused-ring (bicyclic) bond motifs is 2. The van der Waals surface area contributed by atoms with E-state index in [0.29, 0.717) is 45.8 Å². The number of rotatable bonds is 6. The molecule has 0 saturated heterocycles. The van der Waals surface area contributed by atoms with Gasteiger partial charge in [-0.15, -0.1) is 0 Å². The first-order chi connectivity index (χ1) is 13.1. The van der Waals surface area contributed by atoms with Gasteiger partial charge in [-0.25, -0.2) is 13.9 Å². The summed E-state index contributed by atoms with van der Waals surface area (Å²) in [6.07, 6.45) is 3.20. The number of nitrogens with one attached hydrogen (secondary N) is 2. The summed E-state index contributed by atoms with van der Waals surface area (Å²) in [6, 6.07) is 3.48. The van der Waals surface area contributed by atoms with Crippen molar-refractivity contribution in [2.45, 2.75) is 13.8 Å². The van der Waals surface area contributed by atoms with Gasteiger partial charge in [0.05, 0.1) is 24.7 Å². The second-order valence-corrected chi connectivity index (χ2v) is 5.81. The predicted molar refractivity (Wildman–Crippen MR) is 94.6 cm³/mol. The molecular weight excluding hydrogens is 358 g/mol. The van der Waals surface area contributed by atoms with Crippen molar-refractivity contribution in [2.24, 2.45) is 0 Å². The van der Waals surface area contributed by atoms with Crippen LogP contribution in [0.5, 0.6) is 5.75 Å². The van der Waals surface area contributed by atoms with Crippen LogP contribution in [0.2, 0.25) is 0 Å². The highest BCUT2D eigenvalue weighted by molar-refractivity contribution is 5.98. The summed E-state index contributed by atoms with van der Waals surface area (Å²) in [5, 5.41) is 14.7. The molecule has 10 heteroatoms. The molecule has 0 bridgehead atoms. The summed E-state index contributed by atoms with van der Waals surface area (Å²) in [4.78, 5) is 7.74. The Labute approximate surface area is 152 Å². The van der Waals surface area contributed by atoms with Gasteiger partial charge < -0.3 is 10.1 Å². The van der Waals surface area contributed by atoms with Crippen LogP contribution in [0.4, 0.5) is 14.7 Å². The number of hydrogen-bond acceptors (Lipinski definition) is 6. The number of aromatic nitrogens is 5. The number of nitrogens with zero attached hydrogens (tertiary/aromatic N) is 4. The van der Waals surface area contributed by atoms with Gasteiger partial charge in [-0.1, -0.05) is 0 Å². The highest BCUT2D eigenvalue weighted by Gasteiger charge is 2.21. The monoisotopic (exact) mass is 374 g/mol. The molecule has 3 heterocycles. The van der Waals surface area contributed by atoms with Gasteiger partial charge in [0, 0.05) is 10.9 Å². The Kier molecular flexibility index (Phi) is 4.32. The standard InChI is InChI=1S/C17H16F2N6O2/c1-3-26-17-15(18)9(2)14(10-6-21-23-16(10)17)11-4-5-13-22-12(20-8-27-19)7-25(13)24-11/h4-7,20H,3,8H2,1-2H3,(H,21,23). The maximum Gasteiger partial charge on any atom is 0.180 e. The van der Waals surface area contributed by atoms with Crippen molar-refractivity contribution in [3.05, 3.63) is 35.9 Å². The number of imidazole rings is 1. The van der Waals surface area contributed by atoms with E-state index in [-0.39, 0.29) is 12.5 Å². The molecule has 140 valence electrons. The average Bonchev–Trinajstić information content (AvgIpc) is 3.30. The Morgan fingerprint density at radius 3 is 2.96 bits per heavy atom. The van der Waals surface area contributed by atoms with Crippen LogP contribution in [0, 0.1) is 12.7 Å². The highest BCUT2D eigenvalue weighted by Crippen LogP contribution is 2.38. The topological polar surface area (TPSA) is 89.4 Å². The zero-order chi connectivity index (χ0) is 19.0. The molecule has 0 saturated carbocycles. The summed E-state index contributed by atoms with van der Waals surface area (Å²) >= 11 is 0. The average molecular weight is 374 g/mol. The summed E-state index contributed by atoms with van der Waals surface area (Å²) in [7, 11) is 0. The van der Waals surface area contributed by atoms with Gasteiger partial charge in [0.2, 0.25) is 0 Å². The Morgan fingerprint density at radius 2 is 2.19 bits per heavy atom. The Balaban J connectivity index is 1.88. The number of ether oxygens (including phenoxy) is 1. The summed E-state index contributed by atoms with van der Waals surface area (Å²) in [5.41, 5.74) is 2.58. The third-order valence-electron chi connectivity index (χ3n) is 4.21. The van der Waals surface area contributed by atoms with E-state index in [1.807, 2.05) is 0 Å². The van der Waals surface area contributed by atoms with E-state index in [1.165, 1.54) is 4.52 Å². The third-order valence-corrected chi connectivity index (χ3v) is 4.21. The van der Waals surface area contributed by atoms with E-state index < -0.39 is 5.82 Å². The molecule has 2 N–H and O–H groups in total. The van der Waals surface area contributed by atoms with Crippen LogP contribution in [0.25, 0.3) is 27.8 Å². The number of halogens is 2. The number of H-pyrrole nitrogens is 1. The van der Waals surface area contributed by atoms with Crippen molar-refractivity contribution in [1.82, 2.24) is 24.8 Å². The van der Waals surface area contributed by atoms with Gasteiger partial charge in [-0.2, -0.15) is 15.1 Å². The van der Waals surface area contributed by atoms with Crippen LogP contribution in [-0.4, -0.2) is 38.1 Å². The fourth-order valence-corrected chi connectivity index (χ4v) is 3.05. The minimum absolute atomic E-state index is 0.146. The van der Waals surface area contributed by atoms with E-state index >= 15 is 0 Å². The lowest BCUT2D eigenvalue weighted by atomic mass is 9.99. The van der Waals surface area contributed by atoms with E-state index in [1.54, 1.807) is 38.4 Å². The summed E-state index contributed by atoms with van der Waals surface area (Å²) in [5.74, 6) is 0.0894. The smallest absolute Gasteiger partial charge is 0.180 e. The first-order valence-electron chi connectivity index (χ1n) is 8.26. The molecule has 0 fully saturated rings. The predicted octanol–water partition coefficient (Wildman–Crippen LogP) is 3.39. The molecule has 4 aromatic rings. The second-order valence-electron chi connectivity index (χ2n) is 5.81. The number of benzene rings is 1. The number of aromatic amines is 1. The van der Waals surface area contributed by atoms with Crippen molar-refractivity contribution in [2.75, 3.05) is 18.7 Å². The number of hydrogen-bond donors (Lipinski definition) is 2. The Bertz CT molecular complexity index is 1120. The van der Waals surface area contributed by atoms with Crippen LogP contribution in [0.3, 0.4) is 0 Å². The maximum absolute atomic E-state index is 14.9. The van der Waals surface area contributed by atoms with Gasteiger partial charge in [0.1, 0.15) is 11.3 Å². The molecule has 0 aliphatic carbocycles. The van der Waals surface area contributed by atoms with Gasteiger partial charge in [0.25, 0.3) is 0 Å². The Morgan fingerprint density at radius 1 is 1.33 bits per heavy atom. The molecule has 0 radical (unpaired) electrons. The van der Waals surface area contributed by atoms with Crippen LogP contribution in [0.15, 0.2) is 24.5 Å². The molecule has 0 aliphatic heterocycles. The third kappa shape index (κ3) is 2.83. The molecule has 0 amide bonds. The van der Waals surface area contributed by atoms with Crippen LogP contribution < -0.4 is 10.1 Å². The first-order valence-corrected chi connectivity index (χ1v) is 8.26. The minimum Gasteiger partial charge on any atom is -0.489 e. The zero-order valence-electron chi connectivity index (χ0n) is 14.6. The van der Waals surface area contributed by atoms with Crippen LogP contribution in [-0.2, 0) is 4.94 Å². The fraction of sp³-hybridized carbons (Fsp3) is 0.235. The van der Waals surface area contributed by atoms with Crippen molar-refractivity contribution >= 4 is 22.4 Å². The van der Waals surface area contributed by atoms with E-state index in [2.05, 4.69) is 30.5 Å². The van der Waals surface area contributed by atoms with E-state index in [9.17, 15) is 8.92 Å². The van der Waals surface area contributed by atoms with Gasteiger partial charge in [-0.05, 0) is 36.1 Å². The molecule has 1 aromatic carbocycles. The molecule has 0 atom stereocenters. The minimum atomic E-state index is -0.460. The van der Waals surface area contributed by atoms with E-state index in [4.69, 9.17) is 4.74 Å². The summed E-state index contributed by atoms with van der Waals surface area (Å²) in [6.45, 7) is 3.47. The zero-order valence-corrected chi connectivity index (χ0v) is 14.6. The lowest BCUT2D eigenvalue weighted by Gasteiger charge is -2.13. The molecule has 0 spiro atoms. The van der Waals surface area contributed by atoms with Crippen LogP contribution >= 0.6 is 0 Å². The lowest BCUT2D eigenvalue weighted by molar-refractivity contribution is -0.123. The molecule has 3 aromatic heterocycles. The Hall–Kier alpha value is -3.27. The van der Waals surface area contributed by atoms with Crippen molar-refractivity contribution in [1.29, 1.82) is 0 Å². The highest BCUT2D eigenvalue weighted by atomic mass is 19.3. The molecular formula is C17H16F2N6O2. The fourth-order valence-electron chi connectivity index (χ4n) is 3.05. The molecule has 27 heavy (non-hydrogen) atoms. The van der Waals surface area contributed by atoms with E-state index in [0.717, 1.165) is 0 Å². The lowest BCUT2D eigenvalue weighted by Crippen LogP contribution is -2.02. The SMILES string of the molecule is CCOc1c(F)c(C)c(-c2ccc3nc(NCOF)cn3n2)c2cn[nH]c12. The van der Waals surface area contributed by atoms with Crippen LogP contribution in [0.1, 0.15) is 12.5 Å². The van der Waals surface area contributed by atoms with Gasteiger partial charge in [0.15, 0.2) is 23.9 Å². The van der Waals surface area contributed by atoms with Crippen molar-refractivity contribution in [3.8, 4) is 17.0 Å². The normalized spacial score (nSPS) is 11.4.